The summed E-state index contributed by atoms with van der Waals surface area (Å²) in [4.78, 5) is 41.0. The van der Waals surface area contributed by atoms with Gasteiger partial charge < -0.3 is 20.5 Å². The second kappa shape index (κ2) is 10.7. The van der Waals surface area contributed by atoms with Gasteiger partial charge in [-0.25, -0.2) is 14.6 Å². The maximum Gasteiger partial charge on any atom is 0.407 e. The van der Waals surface area contributed by atoms with Gasteiger partial charge in [0.05, 0.1) is 12.2 Å². The highest BCUT2D eigenvalue weighted by atomic mass is 32.1. The smallest absolute Gasteiger partial charge is 0.407 e. The third kappa shape index (κ3) is 5.35. The van der Waals surface area contributed by atoms with E-state index in [0.29, 0.717) is 28.4 Å². The Hall–Kier alpha value is -3.72. The Balaban J connectivity index is 1.34. The molecule has 0 bridgehead atoms. The van der Waals surface area contributed by atoms with Crippen molar-refractivity contribution >= 4 is 29.3 Å². The first kappa shape index (κ1) is 24.4. The van der Waals surface area contributed by atoms with Crippen LogP contribution in [0.5, 0.6) is 0 Å². The highest BCUT2D eigenvalue weighted by Crippen LogP contribution is 2.44. The van der Waals surface area contributed by atoms with Crippen LogP contribution in [-0.4, -0.2) is 40.7 Å². The maximum atomic E-state index is 12.5. The number of fused-ring (bicyclic) bond motifs is 3. The number of aromatic nitrogens is 1. The zero-order valence-electron chi connectivity index (χ0n) is 19.5. The number of aliphatic carboxylic acids is 1. The van der Waals surface area contributed by atoms with Crippen LogP contribution in [0.3, 0.4) is 0 Å². The lowest BCUT2D eigenvalue weighted by Gasteiger charge is -2.14. The van der Waals surface area contributed by atoms with Crippen LogP contribution in [0.25, 0.3) is 11.1 Å². The quantitative estimate of drug-likeness (QED) is 0.405. The van der Waals surface area contributed by atoms with Gasteiger partial charge in [0.15, 0.2) is 0 Å². The molecule has 1 aliphatic rings. The number of benzene rings is 2. The van der Waals surface area contributed by atoms with Crippen molar-refractivity contribution in [2.45, 2.75) is 45.2 Å². The lowest BCUT2D eigenvalue weighted by Crippen LogP contribution is -2.40. The molecule has 0 fully saturated rings. The lowest BCUT2D eigenvalue weighted by atomic mass is 9.98. The van der Waals surface area contributed by atoms with Gasteiger partial charge in [0.25, 0.3) is 5.91 Å². The first-order valence-corrected chi connectivity index (χ1v) is 12.3. The van der Waals surface area contributed by atoms with E-state index in [1.165, 1.54) is 0 Å². The van der Waals surface area contributed by atoms with E-state index < -0.39 is 24.0 Å². The highest BCUT2D eigenvalue weighted by molar-refractivity contribution is 7.13. The predicted octanol–water partition coefficient (Wildman–Crippen LogP) is 4.47. The molecule has 0 radical (unpaired) electrons. The third-order valence-corrected chi connectivity index (χ3v) is 7.11. The van der Waals surface area contributed by atoms with Crippen molar-refractivity contribution in [2.75, 3.05) is 6.61 Å². The minimum Gasteiger partial charge on any atom is -0.480 e. The number of nitrogens with one attached hydrogen (secondary N) is 2. The Morgan fingerprint density at radius 3 is 2.31 bits per heavy atom. The van der Waals surface area contributed by atoms with E-state index in [2.05, 4.69) is 39.9 Å². The van der Waals surface area contributed by atoms with Gasteiger partial charge in [-0.2, -0.15) is 0 Å². The summed E-state index contributed by atoms with van der Waals surface area (Å²) in [6.45, 7) is 3.84. The molecule has 35 heavy (non-hydrogen) atoms. The molecule has 2 aromatic carbocycles. The number of hydrogen-bond acceptors (Lipinski definition) is 6. The Bertz CT molecular complexity index is 1210. The summed E-state index contributed by atoms with van der Waals surface area (Å²) in [7, 11) is 0. The van der Waals surface area contributed by atoms with E-state index in [0.717, 1.165) is 33.6 Å². The molecule has 1 aromatic heterocycles. The summed E-state index contributed by atoms with van der Waals surface area (Å²) in [5.41, 5.74) is 5.07. The number of carboxylic acids is 1. The summed E-state index contributed by atoms with van der Waals surface area (Å²) in [5, 5.41) is 15.0. The van der Waals surface area contributed by atoms with E-state index in [9.17, 15) is 19.5 Å². The van der Waals surface area contributed by atoms with E-state index in [-0.39, 0.29) is 19.1 Å². The molecule has 0 aliphatic heterocycles. The van der Waals surface area contributed by atoms with Crippen molar-refractivity contribution in [3.8, 4) is 11.1 Å². The Labute approximate surface area is 207 Å². The average Bonchev–Trinajstić information content (AvgIpc) is 3.38. The number of carbonyl (C=O) groups is 3. The maximum absolute atomic E-state index is 12.5. The second-order valence-corrected chi connectivity index (χ2v) is 9.44. The Morgan fingerprint density at radius 1 is 1.09 bits per heavy atom. The molecule has 0 saturated carbocycles. The number of carbonyl (C=O) groups excluding carboxylic acids is 2. The zero-order valence-corrected chi connectivity index (χ0v) is 20.4. The van der Waals surface area contributed by atoms with Crippen molar-refractivity contribution in [2.24, 2.45) is 0 Å². The highest BCUT2D eigenvalue weighted by Gasteiger charge is 2.29. The molecular weight excluding hydrogens is 466 g/mol. The van der Waals surface area contributed by atoms with Gasteiger partial charge in [0.2, 0.25) is 0 Å². The molecule has 9 heteroatoms. The molecule has 0 unspecified atom stereocenters. The molecule has 4 rings (SSSR count). The average molecular weight is 494 g/mol. The van der Waals surface area contributed by atoms with Gasteiger partial charge in [0.1, 0.15) is 22.5 Å². The van der Waals surface area contributed by atoms with Crippen LogP contribution in [0.4, 0.5) is 4.79 Å². The SMILES string of the molecule is CCC[C@H](NC(=O)c1sc(CNC(=O)OCC2c3ccccc3-c3ccccc32)nc1C)C(=O)O. The summed E-state index contributed by atoms with van der Waals surface area (Å²) in [6.07, 6.45) is 0.406. The minimum absolute atomic E-state index is 0.0316. The third-order valence-electron chi connectivity index (χ3n) is 5.96. The first-order chi connectivity index (χ1) is 16.9. The van der Waals surface area contributed by atoms with Crippen molar-refractivity contribution in [3.05, 3.63) is 75.2 Å². The van der Waals surface area contributed by atoms with E-state index >= 15 is 0 Å². The van der Waals surface area contributed by atoms with Crippen LogP contribution in [0, 0.1) is 6.92 Å². The molecule has 1 aliphatic carbocycles. The fourth-order valence-electron chi connectivity index (χ4n) is 4.31. The molecule has 2 amide bonds. The van der Waals surface area contributed by atoms with Gasteiger partial charge in [-0.1, -0.05) is 61.9 Å². The molecule has 0 saturated heterocycles. The Morgan fingerprint density at radius 2 is 1.71 bits per heavy atom. The molecule has 8 nitrogen and oxygen atoms in total. The standard InChI is InChI=1S/C26H27N3O5S/c1-3-8-21(25(31)32)29-24(30)23-15(2)28-22(35-23)13-27-26(33)34-14-20-18-11-6-4-9-16(18)17-10-5-7-12-19(17)20/h4-7,9-12,20-21H,3,8,13-14H2,1-2H3,(H,27,33)(H,29,30)(H,31,32)/t21-/m0/s1. The van der Waals surface area contributed by atoms with Crippen LogP contribution in [0.1, 0.15) is 57.2 Å². The summed E-state index contributed by atoms with van der Waals surface area (Å²) >= 11 is 1.12. The lowest BCUT2D eigenvalue weighted by molar-refractivity contribution is -0.139. The van der Waals surface area contributed by atoms with Gasteiger partial charge in [-0.05, 0) is 35.6 Å². The predicted molar refractivity (Wildman–Crippen MR) is 133 cm³/mol. The number of hydrogen-bond donors (Lipinski definition) is 3. The fraction of sp³-hybridized carbons (Fsp3) is 0.308. The molecule has 182 valence electrons. The molecule has 1 heterocycles. The zero-order chi connectivity index (χ0) is 24.9. The number of amides is 2. The number of ether oxygens (including phenoxy) is 1. The normalized spacial score (nSPS) is 13.0. The van der Waals surface area contributed by atoms with Crippen molar-refractivity contribution in [1.29, 1.82) is 0 Å². The molecular formula is C26H27N3O5S. The van der Waals surface area contributed by atoms with Crippen LogP contribution in [-0.2, 0) is 16.1 Å². The van der Waals surface area contributed by atoms with E-state index in [4.69, 9.17) is 4.74 Å². The number of aryl methyl sites for hydroxylation is 1. The van der Waals surface area contributed by atoms with Crippen LogP contribution in [0.15, 0.2) is 48.5 Å². The first-order valence-electron chi connectivity index (χ1n) is 11.5. The molecule has 1 atom stereocenters. The fourth-order valence-corrected chi connectivity index (χ4v) is 5.21. The Kier molecular flexibility index (Phi) is 7.45. The number of rotatable bonds is 9. The van der Waals surface area contributed by atoms with Gasteiger partial charge >= 0.3 is 12.1 Å². The van der Waals surface area contributed by atoms with Crippen LogP contribution in [0.2, 0.25) is 0 Å². The summed E-state index contributed by atoms with van der Waals surface area (Å²) in [5.74, 6) is -1.58. The van der Waals surface area contributed by atoms with Crippen molar-refractivity contribution in [1.82, 2.24) is 15.6 Å². The number of thiazole rings is 1. The largest absolute Gasteiger partial charge is 0.480 e. The number of alkyl carbamates (subject to hydrolysis) is 1. The van der Waals surface area contributed by atoms with Crippen LogP contribution >= 0.6 is 11.3 Å². The van der Waals surface area contributed by atoms with E-state index in [1.54, 1.807) is 6.92 Å². The molecule has 3 aromatic rings. The topological polar surface area (TPSA) is 118 Å². The van der Waals surface area contributed by atoms with Gasteiger partial charge in [0, 0.05) is 5.92 Å². The summed E-state index contributed by atoms with van der Waals surface area (Å²) < 4.78 is 5.53. The number of carboxylic acid groups (broad SMARTS) is 1. The van der Waals surface area contributed by atoms with Crippen molar-refractivity contribution < 1.29 is 24.2 Å². The second-order valence-electron chi connectivity index (χ2n) is 8.35. The van der Waals surface area contributed by atoms with Crippen LogP contribution < -0.4 is 10.6 Å². The number of nitrogens with zero attached hydrogens (tertiary/aromatic N) is 1. The van der Waals surface area contributed by atoms with E-state index in [1.807, 2.05) is 31.2 Å². The monoisotopic (exact) mass is 493 g/mol. The minimum atomic E-state index is -1.07. The van der Waals surface area contributed by atoms with Crippen molar-refractivity contribution in [3.63, 3.8) is 0 Å². The van der Waals surface area contributed by atoms with Gasteiger partial charge in [-0.15, -0.1) is 11.3 Å². The molecule has 0 spiro atoms. The van der Waals surface area contributed by atoms with Gasteiger partial charge in [-0.3, -0.25) is 4.79 Å². The summed E-state index contributed by atoms with van der Waals surface area (Å²) in [6, 6.07) is 15.3. The molecule has 3 N–H and O–H groups in total.